The third-order valence-corrected chi connectivity index (χ3v) is 4.47. The molecule has 1 aromatic rings. The van der Waals surface area contributed by atoms with Crippen LogP contribution in [0.5, 0.6) is 0 Å². The number of ether oxygens (including phenoxy) is 1. The van der Waals surface area contributed by atoms with E-state index in [9.17, 15) is 0 Å². The Hall–Kier alpha value is -0.820. The topological polar surface area (TPSA) is 12.5 Å². The van der Waals surface area contributed by atoms with Crippen molar-refractivity contribution in [1.82, 2.24) is 0 Å². The summed E-state index contributed by atoms with van der Waals surface area (Å²) in [5, 5.41) is 0. The summed E-state index contributed by atoms with van der Waals surface area (Å²) in [6.07, 6.45) is 6.63. The zero-order valence-corrected chi connectivity index (χ0v) is 8.86. The molecule has 0 radical (unpaired) electrons. The van der Waals surface area contributed by atoms with E-state index >= 15 is 0 Å². The van der Waals surface area contributed by atoms with Crippen LogP contribution in [0.2, 0.25) is 0 Å². The first-order valence-electron chi connectivity index (χ1n) is 6.19. The standard InChI is InChI=1S/C14H16O/c1-3-7-11-9(5-1)10-6-2-4-8-12(10)14-13(11)15-14/h1,3,5,7,10,12-14H,2,4,6,8H2/t10-,12+,13-,14+/m0/s1. The monoisotopic (exact) mass is 200 g/mol. The minimum atomic E-state index is 0.459. The molecule has 0 unspecified atom stereocenters. The second kappa shape index (κ2) is 2.85. The molecule has 0 amide bonds. The van der Waals surface area contributed by atoms with E-state index in [1.54, 1.807) is 5.56 Å². The largest absolute Gasteiger partial charge is 0.364 e. The van der Waals surface area contributed by atoms with Crippen molar-refractivity contribution < 1.29 is 4.74 Å². The highest BCUT2D eigenvalue weighted by Crippen LogP contribution is 2.58. The number of benzene rings is 1. The van der Waals surface area contributed by atoms with E-state index in [0.29, 0.717) is 12.2 Å². The van der Waals surface area contributed by atoms with Crippen LogP contribution in [0.1, 0.15) is 48.8 Å². The normalized spacial score (nSPS) is 41.3. The molecule has 0 aromatic heterocycles. The van der Waals surface area contributed by atoms with Gasteiger partial charge in [-0.15, -0.1) is 0 Å². The Bertz CT molecular complexity index is 398. The summed E-state index contributed by atoms with van der Waals surface area (Å²) in [7, 11) is 0. The summed E-state index contributed by atoms with van der Waals surface area (Å²) in [5.74, 6) is 1.64. The van der Waals surface area contributed by atoms with Crippen molar-refractivity contribution in [3.05, 3.63) is 35.4 Å². The van der Waals surface area contributed by atoms with Gasteiger partial charge in [-0.3, -0.25) is 0 Å². The molecule has 4 atom stereocenters. The molecule has 0 N–H and O–H groups in total. The lowest BCUT2D eigenvalue weighted by Crippen LogP contribution is -2.27. The van der Waals surface area contributed by atoms with Crippen LogP contribution in [0.25, 0.3) is 0 Å². The summed E-state index contributed by atoms with van der Waals surface area (Å²) in [4.78, 5) is 0. The molecule has 1 aromatic carbocycles. The molecule has 0 spiro atoms. The molecule has 15 heavy (non-hydrogen) atoms. The zero-order chi connectivity index (χ0) is 9.83. The Balaban J connectivity index is 1.84. The number of hydrogen-bond donors (Lipinski definition) is 0. The van der Waals surface area contributed by atoms with Gasteiger partial charge in [0.1, 0.15) is 6.10 Å². The lowest BCUT2D eigenvalue weighted by atomic mass is 9.68. The quantitative estimate of drug-likeness (QED) is 0.585. The lowest BCUT2D eigenvalue weighted by molar-refractivity contribution is 0.237. The highest BCUT2D eigenvalue weighted by molar-refractivity contribution is 5.40. The van der Waals surface area contributed by atoms with Crippen molar-refractivity contribution in [2.75, 3.05) is 0 Å². The first kappa shape index (κ1) is 8.35. The van der Waals surface area contributed by atoms with Crippen molar-refractivity contribution >= 4 is 0 Å². The maximum Gasteiger partial charge on any atom is 0.110 e. The minimum Gasteiger partial charge on any atom is -0.364 e. The molecule has 0 bridgehead atoms. The van der Waals surface area contributed by atoms with Crippen LogP contribution in [0.15, 0.2) is 24.3 Å². The van der Waals surface area contributed by atoms with Gasteiger partial charge < -0.3 is 4.74 Å². The van der Waals surface area contributed by atoms with Crippen molar-refractivity contribution in [3.63, 3.8) is 0 Å². The van der Waals surface area contributed by atoms with Crippen LogP contribution in [0.3, 0.4) is 0 Å². The van der Waals surface area contributed by atoms with Crippen molar-refractivity contribution in [2.45, 2.75) is 43.8 Å². The average Bonchev–Trinajstić information content (AvgIpc) is 3.10. The molecule has 1 nitrogen and oxygen atoms in total. The molecule has 1 heteroatoms. The Morgan fingerprint density at radius 2 is 1.80 bits per heavy atom. The SMILES string of the molecule is c1ccc2c(c1)[C@@H]1CCCC[C@H]1[C@H]1O[C@@H]21. The van der Waals surface area contributed by atoms with Gasteiger partial charge in [0, 0.05) is 0 Å². The second-order valence-electron chi connectivity index (χ2n) is 5.21. The van der Waals surface area contributed by atoms with Gasteiger partial charge in [0.2, 0.25) is 0 Å². The third-order valence-electron chi connectivity index (χ3n) is 4.47. The van der Waals surface area contributed by atoms with E-state index in [1.165, 1.54) is 31.2 Å². The molecule has 2 fully saturated rings. The smallest absolute Gasteiger partial charge is 0.110 e. The molecular formula is C14H16O. The molecule has 78 valence electrons. The van der Waals surface area contributed by atoms with Crippen LogP contribution >= 0.6 is 0 Å². The zero-order valence-electron chi connectivity index (χ0n) is 8.86. The first-order valence-corrected chi connectivity index (χ1v) is 6.19. The molecule has 4 rings (SSSR count). The molecule has 3 aliphatic rings. The Morgan fingerprint density at radius 3 is 2.73 bits per heavy atom. The minimum absolute atomic E-state index is 0.459. The fourth-order valence-electron chi connectivity index (χ4n) is 3.75. The van der Waals surface area contributed by atoms with E-state index in [-0.39, 0.29) is 0 Å². The maximum absolute atomic E-state index is 5.87. The van der Waals surface area contributed by atoms with E-state index in [4.69, 9.17) is 4.74 Å². The Labute approximate surface area is 90.4 Å². The van der Waals surface area contributed by atoms with E-state index in [2.05, 4.69) is 24.3 Å². The van der Waals surface area contributed by atoms with Crippen LogP contribution < -0.4 is 0 Å². The Morgan fingerprint density at radius 1 is 1.00 bits per heavy atom. The second-order valence-corrected chi connectivity index (χ2v) is 5.21. The van der Waals surface area contributed by atoms with Crippen LogP contribution in [-0.4, -0.2) is 6.10 Å². The molecule has 1 aliphatic heterocycles. The molecule has 2 aliphatic carbocycles. The van der Waals surface area contributed by atoms with Crippen molar-refractivity contribution in [1.29, 1.82) is 0 Å². The van der Waals surface area contributed by atoms with Gasteiger partial charge in [0.25, 0.3) is 0 Å². The van der Waals surface area contributed by atoms with Crippen LogP contribution in [0, 0.1) is 5.92 Å². The van der Waals surface area contributed by atoms with Gasteiger partial charge >= 0.3 is 0 Å². The number of fused-ring (bicyclic) bond motifs is 6. The summed E-state index contributed by atoms with van der Waals surface area (Å²) < 4.78 is 5.87. The van der Waals surface area contributed by atoms with Crippen LogP contribution in [-0.2, 0) is 4.74 Å². The van der Waals surface area contributed by atoms with E-state index < -0.39 is 0 Å². The summed E-state index contributed by atoms with van der Waals surface area (Å²) in [6.45, 7) is 0. The summed E-state index contributed by atoms with van der Waals surface area (Å²) in [5.41, 5.74) is 3.09. The third kappa shape index (κ3) is 1.07. The molecule has 1 saturated carbocycles. The molecular weight excluding hydrogens is 184 g/mol. The van der Waals surface area contributed by atoms with Gasteiger partial charge in [-0.05, 0) is 35.8 Å². The fraction of sp³-hybridized carbons (Fsp3) is 0.571. The first-order chi connectivity index (χ1) is 7.45. The van der Waals surface area contributed by atoms with Crippen LogP contribution in [0.4, 0.5) is 0 Å². The summed E-state index contributed by atoms with van der Waals surface area (Å²) in [6, 6.07) is 8.94. The predicted molar refractivity (Wildman–Crippen MR) is 58.8 cm³/mol. The predicted octanol–water partition coefficient (Wildman–Crippen LogP) is 3.41. The average molecular weight is 200 g/mol. The highest BCUT2D eigenvalue weighted by Gasteiger charge is 2.53. The lowest BCUT2D eigenvalue weighted by Gasteiger charge is -2.34. The van der Waals surface area contributed by atoms with Gasteiger partial charge in [-0.25, -0.2) is 0 Å². The fourth-order valence-corrected chi connectivity index (χ4v) is 3.75. The van der Waals surface area contributed by atoms with Crippen molar-refractivity contribution in [3.8, 4) is 0 Å². The number of hydrogen-bond acceptors (Lipinski definition) is 1. The van der Waals surface area contributed by atoms with Gasteiger partial charge in [0.05, 0.1) is 6.10 Å². The van der Waals surface area contributed by atoms with Gasteiger partial charge in [0.15, 0.2) is 0 Å². The van der Waals surface area contributed by atoms with Crippen molar-refractivity contribution in [2.24, 2.45) is 5.92 Å². The molecule has 1 saturated heterocycles. The van der Waals surface area contributed by atoms with E-state index in [0.717, 1.165) is 11.8 Å². The summed E-state index contributed by atoms with van der Waals surface area (Å²) >= 11 is 0. The Kier molecular flexibility index (Phi) is 1.59. The number of epoxide rings is 1. The number of rotatable bonds is 0. The highest BCUT2D eigenvalue weighted by atomic mass is 16.6. The van der Waals surface area contributed by atoms with E-state index in [1.807, 2.05) is 0 Å². The van der Waals surface area contributed by atoms with Gasteiger partial charge in [-0.1, -0.05) is 37.1 Å². The van der Waals surface area contributed by atoms with Gasteiger partial charge in [-0.2, -0.15) is 0 Å². The molecule has 1 heterocycles. The maximum atomic E-state index is 5.87.